The Morgan fingerprint density at radius 2 is 2.60 bits per heavy atom. The Labute approximate surface area is 63.0 Å². The van der Waals surface area contributed by atoms with Crippen LogP contribution >= 0.6 is 11.6 Å². The highest BCUT2D eigenvalue weighted by atomic mass is 35.5. The highest BCUT2D eigenvalue weighted by Crippen LogP contribution is 2.28. The SMILES string of the molecule is Clc1cnc2c(c1)OCN2. The van der Waals surface area contributed by atoms with Crippen LogP contribution in [0.15, 0.2) is 12.3 Å². The largest absolute Gasteiger partial charge is 0.469 e. The molecule has 1 aliphatic heterocycles. The standard InChI is InChI=1S/C6H5ClN2O/c7-4-1-5-6(8-2-4)9-3-10-5/h1-2H,3H2,(H,8,9). The Kier molecular flexibility index (Phi) is 1.17. The van der Waals surface area contributed by atoms with Crippen molar-refractivity contribution in [3.05, 3.63) is 17.3 Å². The third-order valence-corrected chi connectivity index (χ3v) is 1.49. The first kappa shape index (κ1) is 5.80. The molecule has 2 heterocycles. The van der Waals surface area contributed by atoms with Crippen molar-refractivity contribution in [2.45, 2.75) is 0 Å². The predicted octanol–water partition coefficient (Wildman–Crippen LogP) is 1.50. The number of halogens is 1. The fourth-order valence-electron chi connectivity index (χ4n) is 0.846. The van der Waals surface area contributed by atoms with Crippen molar-refractivity contribution in [3.63, 3.8) is 0 Å². The zero-order valence-corrected chi connectivity index (χ0v) is 5.85. The van der Waals surface area contributed by atoms with Crippen LogP contribution in [0.1, 0.15) is 0 Å². The molecule has 0 unspecified atom stereocenters. The van der Waals surface area contributed by atoms with Crippen molar-refractivity contribution in [1.82, 2.24) is 4.98 Å². The average Bonchev–Trinajstić information content (AvgIpc) is 2.33. The first-order chi connectivity index (χ1) is 4.86. The minimum atomic E-state index is 0.489. The number of pyridine rings is 1. The number of hydrogen-bond donors (Lipinski definition) is 1. The van der Waals surface area contributed by atoms with Gasteiger partial charge in [0.2, 0.25) is 0 Å². The van der Waals surface area contributed by atoms with Crippen LogP contribution in [0, 0.1) is 0 Å². The van der Waals surface area contributed by atoms with Crippen molar-refractivity contribution >= 4 is 17.4 Å². The summed E-state index contributed by atoms with van der Waals surface area (Å²) in [5, 5.41) is 3.53. The van der Waals surface area contributed by atoms with Crippen LogP contribution in [0.3, 0.4) is 0 Å². The highest BCUT2D eigenvalue weighted by Gasteiger charge is 2.11. The van der Waals surface area contributed by atoms with Gasteiger partial charge in [-0.3, -0.25) is 0 Å². The molecule has 0 aromatic carbocycles. The van der Waals surface area contributed by atoms with Crippen LogP contribution in [0.5, 0.6) is 5.75 Å². The molecular weight excluding hydrogens is 152 g/mol. The van der Waals surface area contributed by atoms with Crippen molar-refractivity contribution in [1.29, 1.82) is 0 Å². The van der Waals surface area contributed by atoms with Gasteiger partial charge in [0, 0.05) is 12.3 Å². The second-order valence-corrected chi connectivity index (χ2v) is 2.40. The molecule has 0 aliphatic carbocycles. The number of nitrogens with zero attached hydrogens (tertiary/aromatic N) is 1. The topological polar surface area (TPSA) is 34.1 Å². The second kappa shape index (κ2) is 2.02. The quantitative estimate of drug-likeness (QED) is 0.618. The van der Waals surface area contributed by atoms with E-state index in [4.69, 9.17) is 16.3 Å². The Hall–Kier alpha value is -0.960. The van der Waals surface area contributed by atoms with E-state index in [1.54, 1.807) is 12.3 Å². The minimum absolute atomic E-state index is 0.489. The third-order valence-electron chi connectivity index (χ3n) is 1.29. The lowest BCUT2D eigenvalue weighted by Crippen LogP contribution is -1.96. The number of hydrogen-bond acceptors (Lipinski definition) is 3. The number of ether oxygens (including phenoxy) is 1. The van der Waals surface area contributed by atoms with Gasteiger partial charge in [-0.15, -0.1) is 0 Å². The summed E-state index contributed by atoms with van der Waals surface area (Å²) in [5.74, 6) is 1.50. The maximum absolute atomic E-state index is 5.65. The van der Waals surface area contributed by atoms with Gasteiger partial charge in [-0.2, -0.15) is 0 Å². The maximum Gasteiger partial charge on any atom is 0.171 e. The molecule has 0 spiro atoms. The summed E-state index contributed by atoms with van der Waals surface area (Å²) >= 11 is 5.65. The van der Waals surface area contributed by atoms with Crippen molar-refractivity contribution in [2.75, 3.05) is 12.0 Å². The number of fused-ring (bicyclic) bond motifs is 1. The molecule has 1 aromatic rings. The summed E-state index contributed by atoms with van der Waals surface area (Å²) in [6.07, 6.45) is 1.59. The summed E-state index contributed by atoms with van der Waals surface area (Å²) in [6, 6.07) is 1.74. The fourth-order valence-corrected chi connectivity index (χ4v) is 0.994. The Balaban J connectivity index is 2.52. The van der Waals surface area contributed by atoms with Gasteiger partial charge in [-0.25, -0.2) is 4.98 Å². The molecule has 4 heteroatoms. The lowest BCUT2D eigenvalue weighted by molar-refractivity contribution is 0.372. The monoisotopic (exact) mass is 156 g/mol. The smallest absolute Gasteiger partial charge is 0.171 e. The number of anilines is 1. The molecule has 0 fully saturated rings. The first-order valence-corrected chi connectivity index (χ1v) is 3.26. The molecule has 0 saturated heterocycles. The zero-order valence-electron chi connectivity index (χ0n) is 5.10. The molecule has 3 nitrogen and oxygen atoms in total. The highest BCUT2D eigenvalue weighted by molar-refractivity contribution is 6.30. The van der Waals surface area contributed by atoms with Gasteiger partial charge in [0.1, 0.15) is 0 Å². The van der Waals surface area contributed by atoms with Gasteiger partial charge in [-0.05, 0) is 0 Å². The molecule has 0 radical (unpaired) electrons. The molecular formula is C6H5ClN2O. The molecule has 0 atom stereocenters. The van der Waals surface area contributed by atoms with Gasteiger partial charge < -0.3 is 10.1 Å². The Morgan fingerprint density at radius 3 is 3.50 bits per heavy atom. The minimum Gasteiger partial charge on any atom is -0.469 e. The number of nitrogens with one attached hydrogen (secondary N) is 1. The van der Waals surface area contributed by atoms with Gasteiger partial charge >= 0.3 is 0 Å². The normalized spacial score (nSPS) is 13.7. The fraction of sp³-hybridized carbons (Fsp3) is 0.167. The average molecular weight is 157 g/mol. The van der Waals surface area contributed by atoms with Crippen LogP contribution in [-0.4, -0.2) is 11.7 Å². The van der Waals surface area contributed by atoms with E-state index in [1.165, 1.54) is 0 Å². The predicted molar refractivity (Wildman–Crippen MR) is 38.4 cm³/mol. The summed E-state index contributed by atoms with van der Waals surface area (Å²) < 4.78 is 5.12. The van der Waals surface area contributed by atoms with E-state index in [0.717, 1.165) is 11.6 Å². The first-order valence-electron chi connectivity index (χ1n) is 2.88. The summed E-state index contributed by atoms with van der Waals surface area (Å²) in [7, 11) is 0. The van der Waals surface area contributed by atoms with Crippen LogP contribution < -0.4 is 10.1 Å². The molecule has 2 rings (SSSR count). The molecule has 0 bridgehead atoms. The third kappa shape index (κ3) is 0.789. The van der Waals surface area contributed by atoms with Crippen LogP contribution in [-0.2, 0) is 0 Å². The van der Waals surface area contributed by atoms with Crippen LogP contribution in [0.2, 0.25) is 5.02 Å². The van der Waals surface area contributed by atoms with E-state index >= 15 is 0 Å². The number of rotatable bonds is 0. The van der Waals surface area contributed by atoms with Gasteiger partial charge in [0.25, 0.3) is 0 Å². The molecule has 52 valence electrons. The molecule has 1 aromatic heterocycles. The molecule has 1 aliphatic rings. The van der Waals surface area contributed by atoms with Crippen molar-refractivity contribution < 1.29 is 4.74 Å². The lowest BCUT2D eigenvalue weighted by Gasteiger charge is -1.94. The van der Waals surface area contributed by atoms with E-state index in [9.17, 15) is 0 Å². The van der Waals surface area contributed by atoms with Crippen LogP contribution in [0.4, 0.5) is 5.82 Å². The van der Waals surface area contributed by atoms with E-state index in [2.05, 4.69) is 10.3 Å². The van der Waals surface area contributed by atoms with E-state index in [1.807, 2.05) is 0 Å². The van der Waals surface area contributed by atoms with Crippen molar-refractivity contribution in [2.24, 2.45) is 0 Å². The maximum atomic E-state index is 5.65. The van der Waals surface area contributed by atoms with Gasteiger partial charge in [-0.1, -0.05) is 11.6 Å². The van der Waals surface area contributed by atoms with Gasteiger partial charge in [0.05, 0.1) is 5.02 Å². The number of aromatic nitrogens is 1. The lowest BCUT2D eigenvalue weighted by atomic mass is 10.4. The molecule has 0 amide bonds. The van der Waals surface area contributed by atoms with E-state index < -0.39 is 0 Å². The molecule has 0 saturated carbocycles. The zero-order chi connectivity index (χ0) is 6.97. The van der Waals surface area contributed by atoms with Crippen molar-refractivity contribution in [3.8, 4) is 5.75 Å². The van der Waals surface area contributed by atoms with Gasteiger partial charge in [0.15, 0.2) is 18.3 Å². The summed E-state index contributed by atoms with van der Waals surface area (Å²) in [5.41, 5.74) is 0. The summed E-state index contributed by atoms with van der Waals surface area (Å²) in [6.45, 7) is 0.489. The Morgan fingerprint density at radius 1 is 1.70 bits per heavy atom. The van der Waals surface area contributed by atoms with E-state index in [-0.39, 0.29) is 0 Å². The molecule has 10 heavy (non-hydrogen) atoms. The Bertz CT molecular complexity index is 264. The second-order valence-electron chi connectivity index (χ2n) is 1.97. The molecule has 1 N–H and O–H groups in total. The van der Waals surface area contributed by atoms with E-state index in [0.29, 0.717) is 11.8 Å². The van der Waals surface area contributed by atoms with Crippen LogP contribution in [0.25, 0.3) is 0 Å². The summed E-state index contributed by atoms with van der Waals surface area (Å²) in [4.78, 5) is 3.99.